The van der Waals surface area contributed by atoms with E-state index < -0.39 is 0 Å². The van der Waals surface area contributed by atoms with E-state index in [-0.39, 0.29) is 23.9 Å². The first-order valence-electron chi connectivity index (χ1n) is 3.91. The van der Waals surface area contributed by atoms with E-state index in [1.165, 1.54) is 38.5 Å². The maximum atomic E-state index is 2.26. The summed E-state index contributed by atoms with van der Waals surface area (Å²) in [4.78, 5) is 0. The Bertz CT molecular complexity index is 29.5. The van der Waals surface area contributed by atoms with E-state index in [9.17, 15) is 0 Å². The third kappa shape index (κ3) is 12.1. The molecule has 0 N–H and O–H groups in total. The summed E-state index contributed by atoms with van der Waals surface area (Å²) in [6.07, 6.45) is 8.49. The molecule has 0 rings (SSSR count). The zero-order chi connectivity index (χ0) is 6.24. The fraction of sp³-hybridized carbons (Fsp3) is 1.00. The maximum absolute atomic E-state index is 2.26. The Balaban J connectivity index is 0. The first-order chi connectivity index (χ1) is 3.91. The Labute approximate surface area is 76.4 Å². The van der Waals surface area contributed by atoms with Gasteiger partial charge < -0.3 is 0 Å². The third-order valence-corrected chi connectivity index (χ3v) is 1.46. The van der Waals surface area contributed by atoms with Gasteiger partial charge in [0.15, 0.2) is 0 Å². The Kier molecular flexibility index (Phi) is 16.0. The Morgan fingerprint density at radius 1 is 0.667 bits per heavy atom. The predicted molar refractivity (Wildman–Crippen MR) is 47.6 cm³/mol. The second kappa shape index (κ2) is 11.6. The molecule has 0 aromatic heterocycles. The van der Waals surface area contributed by atoms with Crippen molar-refractivity contribution in [3.8, 4) is 0 Å². The minimum absolute atomic E-state index is 0. The molecule has 9 heavy (non-hydrogen) atoms. The van der Waals surface area contributed by atoms with Crippen LogP contribution in [0.2, 0.25) is 0 Å². The summed E-state index contributed by atoms with van der Waals surface area (Å²) in [5.41, 5.74) is 0. The molecule has 0 aliphatic rings. The SMILES string of the molecule is CCCCCCCC.[SnH2]. The molecule has 2 radical (unpaired) electrons. The van der Waals surface area contributed by atoms with Gasteiger partial charge >= 0.3 is 23.9 Å². The van der Waals surface area contributed by atoms with Crippen molar-refractivity contribution in [3.05, 3.63) is 0 Å². The molecule has 0 aromatic carbocycles. The van der Waals surface area contributed by atoms with Crippen LogP contribution in [0.4, 0.5) is 0 Å². The van der Waals surface area contributed by atoms with Crippen LogP contribution in [0.25, 0.3) is 0 Å². The third-order valence-electron chi connectivity index (χ3n) is 1.46. The van der Waals surface area contributed by atoms with E-state index in [0.29, 0.717) is 0 Å². The molecule has 0 saturated carbocycles. The number of hydrogen-bond donors (Lipinski definition) is 0. The van der Waals surface area contributed by atoms with E-state index in [4.69, 9.17) is 0 Å². The normalized spacial score (nSPS) is 8.67. The average molecular weight is 235 g/mol. The molecule has 0 bridgehead atoms. The van der Waals surface area contributed by atoms with Crippen LogP contribution in [0.5, 0.6) is 0 Å². The van der Waals surface area contributed by atoms with Gasteiger partial charge in [-0.15, -0.1) is 0 Å². The van der Waals surface area contributed by atoms with E-state index in [0.717, 1.165) is 0 Å². The monoisotopic (exact) mass is 236 g/mol. The molecule has 0 spiro atoms. The second-order valence-corrected chi connectivity index (χ2v) is 2.41. The quantitative estimate of drug-likeness (QED) is 0.507. The summed E-state index contributed by atoms with van der Waals surface area (Å²) in [7, 11) is 0. The Morgan fingerprint density at radius 2 is 1.00 bits per heavy atom. The zero-order valence-corrected chi connectivity index (χ0v) is 11.0. The molecule has 0 aliphatic heterocycles. The van der Waals surface area contributed by atoms with E-state index >= 15 is 0 Å². The van der Waals surface area contributed by atoms with Crippen LogP contribution in [0, 0.1) is 0 Å². The molecule has 0 aliphatic carbocycles. The number of hydrogen-bond acceptors (Lipinski definition) is 0. The molecule has 0 aromatic rings. The summed E-state index contributed by atoms with van der Waals surface area (Å²) in [6, 6.07) is 0. The van der Waals surface area contributed by atoms with E-state index in [1.54, 1.807) is 0 Å². The first-order valence-corrected chi connectivity index (χ1v) is 3.91. The molecule has 0 nitrogen and oxygen atoms in total. The van der Waals surface area contributed by atoms with Crippen molar-refractivity contribution >= 4 is 23.9 Å². The van der Waals surface area contributed by atoms with Crippen LogP contribution in [-0.4, -0.2) is 23.9 Å². The van der Waals surface area contributed by atoms with Gasteiger partial charge in [0.2, 0.25) is 0 Å². The molecule has 0 amide bonds. The minimum atomic E-state index is 0. The van der Waals surface area contributed by atoms with Gasteiger partial charge in [0.05, 0.1) is 0 Å². The van der Waals surface area contributed by atoms with E-state index in [1.807, 2.05) is 0 Å². The van der Waals surface area contributed by atoms with Gasteiger partial charge in [0, 0.05) is 0 Å². The van der Waals surface area contributed by atoms with E-state index in [2.05, 4.69) is 13.8 Å². The zero-order valence-electron chi connectivity index (χ0n) is 6.95. The van der Waals surface area contributed by atoms with Gasteiger partial charge in [-0.1, -0.05) is 52.4 Å². The summed E-state index contributed by atoms with van der Waals surface area (Å²) >= 11 is 0. The van der Waals surface area contributed by atoms with Crippen LogP contribution in [-0.2, 0) is 0 Å². The molecular formula is C8H20Sn. The molecule has 0 unspecified atom stereocenters. The topological polar surface area (TPSA) is 0 Å². The fourth-order valence-corrected chi connectivity index (χ4v) is 0.854. The van der Waals surface area contributed by atoms with Gasteiger partial charge in [0.1, 0.15) is 0 Å². The number of rotatable bonds is 5. The van der Waals surface area contributed by atoms with Crippen LogP contribution < -0.4 is 0 Å². The van der Waals surface area contributed by atoms with Gasteiger partial charge in [-0.05, 0) is 0 Å². The first kappa shape index (κ1) is 12.5. The summed E-state index contributed by atoms with van der Waals surface area (Å²) in [5, 5.41) is 0. The standard InChI is InChI=1S/C8H18.Sn.2H/c1-3-5-7-8-6-4-2;;;/h3-8H2,1-2H3;;;. The summed E-state index contributed by atoms with van der Waals surface area (Å²) in [5.74, 6) is 0. The average Bonchev–Trinajstić information content (AvgIpc) is 1.81. The van der Waals surface area contributed by atoms with Crippen LogP contribution in [0.1, 0.15) is 52.4 Å². The molecule has 0 heterocycles. The summed E-state index contributed by atoms with van der Waals surface area (Å²) < 4.78 is 0. The Hall–Kier alpha value is 0.799. The van der Waals surface area contributed by atoms with Crippen molar-refractivity contribution in [1.29, 1.82) is 0 Å². The molecule has 1 heteroatoms. The van der Waals surface area contributed by atoms with Crippen molar-refractivity contribution in [1.82, 2.24) is 0 Å². The van der Waals surface area contributed by atoms with Gasteiger partial charge in [-0.2, -0.15) is 0 Å². The second-order valence-electron chi connectivity index (χ2n) is 2.41. The molecule has 56 valence electrons. The predicted octanol–water partition coefficient (Wildman–Crippen LogP) is 2.45. The van der Waals surface area contributed by atoms with Crippen LogP contribution in [0.15, 0.2) is 0 Å². The van der Waals surface area contributed by atoms with Crippen molar-refractivity contribution in [3.63, 3.8) is 0 Å². The molecule has 0 fully saturated rings. The van der Waals surface area contributed by atoms with Crippen molar-refractivity contribution < 1.29 is 0 Å². The molecule has 0 saturated heterocycles. The van der Waals surface area contributed by atoms with Crippen LogP contribution >= 0.6 is 0 Å². The molecular weight excluding hydrogens is 215 g/mol. The Morgan fingerprint density at radius 3 is 1.22 bits per heavy atom. The van der Waals surface area contributed by atoms with Gasteiger partial charge in [0.25, 0.3) is 0 Å². The van der Waals surface area contributed by atoms with Crippen molar-refractivity contribution in [2.75, 3.05) is 0 Å². The van der Waals surface area contributed by atoms with Crippen molar-refractivity contribution in [2.45, 2.75) is 52.4 Å². The molecule has 0 atom stereocenters. The van der Waals surface area contributed by atoms with Gasteiger partial charge in [-0.3, -0.25) is 0 Å². The van der Waals surface area contributed by atoms with Gasteiger partial charge in [-0.25, -0.2) is 0 Å². The fourth-order valence-electron chi connectivity index (χ4n) is 0.854. The summed E-state index contributed by atoms with van der Waals surface area (Å²) in [6.45, 7) is 4.51. The van der Waals surface area contributed by atoms with Crippen molar-refractivity contribution in [2.24, 2.45) is 0 Å². The number of unbranched alkanes of at least 4 members (excludes halogenated alkanes) is 5. The van der Waals surface area contributed by atoms with Crippen LogP contribution in [0.3, 0.4) is 0 Å².